The molecule has 0 aliphatic rings. The van der Waals surface area contributed by atoms with E-state index in [1.165, 1.54) is 11.6 Å². The van der Waals surface area contributed by atoms with Gasteiger partial charge in [0, 0.05) is 23.7 Å². The van der Waals surface area contributed by atoms with Crippen molar-refractivity contribution >= 4 is 11.3 Å². The summed E-state index contributed by atoms with van der Waals surface area (Å²) in [6.07, 6.45) is 0. The predicted octanol–water partition coefficient (Wildman–Crippen LogP) is 3.57. The summed E-state index contributed by atoms with van der Waals surface area (Å²) in [5.41, 5.74) is 2.03. The van der Waals surface area contributed by atoms with Crippen molar-refractivity contribution in [3.63, 3.8) is 0 Å². The van der Waals surface area contributed by atoms with Crippen LogP contribution in [0.4, 0.5) is 0 Å². The quantitative estimate of drug-likeness (QED) is 0.790. The fourth-order valence-corrected chi connectivity index (χ4v) is 2.73. The third-order valence-corrected chi connectivity index (χ3v) is 3.73. The average molecular weight is 263 g/mol. The Bertz CT molecular complexity index is 511. The molecule has 3 N–H and O–H groups in total. The van der Waals surface area contributed by atoms with Crippen LogP contribution in [0.25, 0.3) is 0 Å². The molecule has 0 radical (unpaired) electrons. The number of phenolic OH excluding ortho intramolecular Hbond substituents is 2. The zero-order chi connectivity index (χ0) is 13.1. The first-order chi connectivity index (χ1) is 8.58. The molecule has 0 aliphatic carbocycles. The molecule has 4 heteroatoms. The Morgan fingerprint density at radius 3 is 2.50 bits per heavy atom. The van der Waals surface area contributed by atoms with Crippen molar-refractivity contribution < 1.29 is 10.2 Å². The van der Waals surface area contributed by atoms with E-state index in [-0.39, 0.29) is 23.6 Å². The molecule has 2 aromatic rings. The van der Waals surface area contributed by atoms with Gasteiger partial charge in [0.1, 0.15) is 11.5 Å². The highest BCUT2D eigenvalue weighted by Crippen LogP contribution is 2.29. The third kappa shape index (κ3) is 2.83. The Morgan fingerprint density at radius 2 is 1.89 bits per heavy atom. The van der Waals surface area contributed by atoms with Gasteiger partial charge in [0.15, 0.2) is 0 Å². The predicted molar refractivity (Wildman–Crippen MR) is 74.1 cm³/mol. The molecule has 2 unspecified atom stereocenters. The Balaban J connectivity index is 2.10. The van der Waals surface area contributed by atoms with E-state index in [1.807, 2.05) is 6.92 Å². The third-order valence-electron chi connectivity index (χ3n) is 3.02. The zero-order valence-corrected chi connectivity index (χ0v) is 11.2. The molecule has 0 saturated heterocycles. The number of benzene rings is 1. The Labute approximate surface area is 111 Å². The van der Waals surface area contributed by atoms with Crippen molar-refractivity contribution in [2.75, 3.05) is 0 Å². The van der Waals surface area contributed by atoms with E-state index >= 15 is 0 Å². The van der Waals surface area contributed by atoms with Crippen LogP contribution in [0.5, 0.6) is 11.5 Å². The molecule has 0 bridgehead atoms. The van der Waals surface area contributed by atoms with Gasteiger partial charge in [0.25, 0.3) is 0 Å². The standard InChI is InChI=1S/C14H17NO2S/c1-9(11-5-6-18-8-11)15-10(2)13-4-3-12(16)7-14(13)17/h3-10,15-17H,1-2H3. The highest BCUT2D eigenvalue weighted by Gasteiger charge is 2.14. The average Bonchev–Trinajstić information content (AvgIpc) is 2.81. The second-order valence-electron chi connectivity index (χ2n) is 4.41. The topological polar surface area (TPSA) is 52.5 Å². The minimum atomic E-state index is 0.0144. The monoisotopic (exact) mass is 263 g/mol. The Hall–Kier alpha value is -1.52. The lowest BCUT2D eigenvalue weighted by atomic mass is 10.0. The number of rotatable bonds is 4. The van der Waals surface area contributed by atoms with Gasteiger partial charge in [-0.2, -0.15) is 11.3 Å². The zero-order valence-electron chi connectivity index (χ0n) is 10.4. The summed E-state index contributed by atoms with van der Waals surface area (Å²) in [6, 6.07) is 7.01. The molecule has 0 spiro atoms. The van der Waals surface area contributed by atoms with E-state index in [0.29, 0.717) is 0 Å². The van der Waals surface area contributed by atoms with Crippen molar-refractivity contribution in [3.8, 4) is 11.5 Å². The molecule has 0 fully saturated rings. The molecule has 2 rings (SSSR count). The lowest BCUT2D eigenvalue weighted by Gasteiger charge is -2.20. The second-order valence-corrected chi connectivity index (χ2v) is 5.19. The summed E-state index contributed by atoms with van der Waals surface area (Å²) >= 11 is 1.67. The normalized spacial score (nSPS) is 14.3. The summed E-state index contributed by atoms with van der Waals surface area (Å²) in [5, 5.41) is 26.7. The van der Waals surface area contributed by atoms with Crippen molar-refractivity contribution in [1.82, 2.24) is 5.32 Å². The highest BCUT2D eigenvalue weighted by atomic mass is 32.1. The van der Waals surface area contributed by atoms with Gasteiger partial charge in [-0.25, -0.2) is 0 Å². The summed E-state index contributed by atoms with van der Waals surface area (Å²) in [5.74, 6) is 0.196. The van der Waals surface area contributed by atoms with Crippen LogP contribution in [0.15, 0.2) is 35.0 Å². The number of thiophene rings is 1. The molecule has 3 nitrogen and oxygen atoms in total. The second kappa shape index (κ2) is 5.42. The van der Waals surface area contributed by atoms with E-state index in [2.05, 4.69) is 29.1 Å². The maximum absolute atomic E-state index is 9.81. The summed E-state index contributed by atoms with van der Waals surface area (Å²) in [7, 11) is 0. The Morgan fingerprint density at radius 1 is 1.11 bits per heavy atom. The minimum Gasteiger partial charge on any atom is -0.508 e. The molecule has 2 atom stereocenters. The number of phenols is 2. The van der Waals surface area contributed by atoms with E-state index in [0.717, 1.165) is 5.56 Å². The van der Waals surface area contributed by atoms with Gasteiger partial charge in [-0.1, -0.05) is 6.07 Å². The van der Waals surface area contributed by atoms with Gasteiger partial charge in [-0.15, -0.1) is 0 Å². The number of hydrogen-bond acceptors (Lipinski definition) is 4. The van der Waals surface area contributed by atoms with Crippen LogP contribution in [-0.4, -0.2) is 10.2 Å². The minimum absolute atomic E-state index is 0.0144. The molecular formula is C14H17NO2S. The molecule has 1 aromatic heterocycles. The van der Waals surface area contributed by atoms with E-state index in [1.54, 1.807) is 23.5 Å². The molecule has 96 valence electrons. The van der Waals surface area contributed by atoms with Gasteiger partial charge >= 0.3 is 0 Å². The fraction of sp³-hybridized carbons (Fsp3) is 0.286. The fourth-order valence-electron chi connectivity index (χ4n) is 1.98. The first-order valence-electron chi connectivity index (χ1n) is 5.88. The molecule has 1 aromatic carbocycles. The van der Waals surface area contributed by atoms with Gasteiger partial charge in [-0.3, -0.25) is 0 Å². The highest BCUT2D eigenvalue weighted by molar-refractivity contribution is 7.07. The summed E-state index contributed by atoms with van der Waals surface area (Å²) < 4.78 is 0. The van der Waals surface area contributed by atoms with Crippen LogP contribution >= 0.6 is 11.3 Å². The molecule has 0 saturated carbocycles. The largest absolute Gasteiger partial charge is 0.508 e. The lowest BCUT2D eigenvalue weighted by Crippen LogP contribution is -2.22. The van der Waals surface area contributed by atoms with Crippen LogP contribution < -0.4 is 5.32 Å². The molecule has 18 heavy (non-hydrogen) atoms. The first-order valence-corrected chi connectivity index (χ1v) is 6.82. The number of nitrogens with one attached hydrogen (secondary N) is 1. The van der Waals surface area contributed by atoms with E-state index in [9.17, 15) is 10.2 Å². The summed E-state index contributed by atoms with van der Waals surface area (Å²) in [6.45, 7) is 4.09. The number of hydrogen-bond donors (Lipinski definition) is 3. The van der Waals surface area contributed by atoms with Crippen LogP contribution in [-0.2, 0) is 0 Å². The van der Waals surface area contributed by atoms with Gasteiger partial charge < -0.3 is 15.5 Å². The smallest absolute Gasteiger partial charge is 0.124 e. The lowest BCUT2D eigenvalue weighted by molar-refractivity contribution is 0.427. The Kier molecular flexibility index (Phi) is 3.89. The van der Waals surface area contributed by atoms with Crippen LogP contribution in [0.3, 0.4) is 0 Å². The van der Waals surface area contributed by atoms with Gasteiger partial charge in [-0.05, 0) is 42.3 Å². The van der Waals surface area contributed by atoms with Crippen LogP contribution in [0.2, 0.25) is 0 Å². The SMILES string of the molecule is CC(NC(C)c1ccc(O)cc1O)c1ccsc1. The van der Waals surface area contributed by atoms with Crippen molar-refractivity contribution in [2.45, 2.75) is 25.9 Å². The van der Waals surface area contributed by atoms with E-state index in [4.69, 9.17) is 0 Å². The van der Waals surface area contributed by atoms with Crippen molar-refractivity contribution in [1.29, 1.82) is 0 Å². The van der Waals surface area contributed by atoms with Crippen LogP contribution in [0, 0.1) is 0 Å². The molecular weight excluding hydrogens is 246 g/mol. The molecule has 1 heterocycles. The van der Waals surface area contributed by atoms with Gasteiger partial charge in [0.05, 0.1) is 0 Å². The molecule has 0 aliphatic heterocycles. The van der Waals surface area contributed by atoms with E-state index < -0.39 is 0 Å². The maximum atomic E-state index is 9.81. The maximum Gasteiger partial charge on any atom is 0.124 e. The number of aromatic hydroxyl groups is 2. The van der Waals surface area contributed by atoms with Crippen LogP contribution in [0.1, 0.15) is 37.1 Å². The van der Waals surface area contributed by atoms with Crippen molar-refractivity contribution in [2.24, 2.45) is 0 Å². The van der Waals surface area contributed by atoms with Gasteiger partial charge in [0.2, 0.25) is 0 Å². The van der Waals surface area contributed by atoms with Crippen molar-refractivity contribution in [3.05, 3.63) is 46.2 Å². The summed E-state index contributed by atoms with van der Waals surface area (Å²) in [4.78, 5) is 0. The molecule has 0 amide bonds. The first kappa shape index (κ1) is 12.9.